The summed E-state index contributed by atoms with van der Waals surface area (Å²) in [5, 5.41) is 8.37. The van der Waals surface area contributed by atoms with Gasteiger partial charge >= 0.3 is 0 Å². The molecule has 2 N–H and O–H groups in total. The molecule has 1 aromatic heterocycles. The van der Waals surface area contributed by atoms with Gasteiger partial charge in [-0.15, -0.1) is 5.10 Å². The van der Waals surface area contributed by atoms with E-state index in [1.165, 1.54) is 0 Å². The minimum Gasteiger partial charge on any atom is -0.495 e. The van der Waals surface area contributed by atoms with Gasteiger partial charge in [0.05, 0.1) is 40.3 Å². The largest absolute Gasteiger partial charge is 0.495 e. The number of hydrogen-bond donors (Lipinski definition) is 1. The number of methoxy groups -OCH3 is 4. The molecule has 0 bridgehead atoms. The maximum atomic E-state index is 6.07. The van der Waals surface area contributed by atoms with Crippen molar-refractivity contribution in [1.82, 2.24) is 10.2 Å². The number of hydrogen-bond acceptors (Lipinski definition) is 7. The molecule has 0 amide bonds. The van der Waals surface area contributed by atoms with E-state index >= 15 is 0 Å². The summed E-state index contributed by atoms with van der Waals surface area (Å²) in [4.78, 5) is 0. The molecule has 0 fully saturated rings. The number of nitrogen functional groups attached to an aromatic ring is 1. The maximum absolute atomic E-state index is 6.07. The van der Waals surface area contributed by atoms with Gasteiger partial charge in [0.25, 0.3) is 0 Å². The van der Waals surface area contributed by atoms with E-state index in [4.69, 9.17) is 24.7 Å². The van der Waals surface area contributed by atoms with Gasteiger partial charge in [-0.05, 0) is 35.9 Å². The van der Waals surface area contributed by atoms with Gasteiger partial charge < -0.3 is 24.7 Å². The van der Waals surface area contributed by atoms with Crippen LogP contribution in [0.15, 0.2) is 42.6 Å². The Morgan fingerprint density at radius 2 is 1.41 bits per heavy atom. The topological polar surface area (TPSA) is 88.7 Å². The van der Waals surface area contributed by atoms with Gasteiger partial charge in [-0.2, -0.15) is 5.10 Å². The lowest BCUT2D eigenvalue weighted by molar-refractivity contribution is 0.324. The zero-order valence-corrected chi connectivity index (χ0v) is 15.6. The predicted molar refractivity (Wildman–Crippen MR) is 104 cm³/mol. The van der Waals surface area contributed by atoms with Crippen LogP contribution >= 0.6 is 0 Å². The zero-order chi connectivity index (χ0) is 19.4. The quantitative estimate of drug-likeness (QED) is 0.668. The van der Waals surface area contributed by atoms with Crippen molar-refractivity contribution in [3.8, 4) is 45.4 Å². The summed E-state index contributed by atoms with van der Waals surface area (Å²) in [5.41, 5.74) is 9.83. The lowest BCUT2D eigenvalue weighted by Gasteiger charge is -2.15. The third-order valence-electron chi connectivity index (χ3n) is 4.20. The number of nitrogens with zero attached hydrogens (tertiary/aromatic N) is 2. The smallest absolute Gasteiger partial charge is 0.203 e. The fraction of sp³-hybridized carbons (Fsp3) is 0.200. The van der Waals surface area contributed by atoms with Crippen molar-refractivity contribution >= 4 is 5.69 Å². The van der Waals surface area contributed by atoms with Crippen LogP contribution in [0.2, 0.25) is 0 Å². The van der Waals surface area contributed by atoms with Crippen LogP contribution in [-0.2, 0) is 0 Å². The number of anilines is 1. The van der Waals surface area contributed by atoms with Crippen molar-refractivity contribution in [2.24, 2.45) is 0 Å². The molecule has 0 aliphatic heterocycles. The summed E-state index contributed by atoms with van der Waals surface area (Å²) in [6.07, 6.45) is 1.64. The third-order valence-corrected chi connectivity index (χ3v) is 4.20. The Hall–Kier alpha value is -3.48. The minimum atomic E-state index is 0.517. The highest BCUT2D eigenvalue weighted by atomic mass is 16.5. The first kappa shape index (κ1) is 18.3. The second kappa shape index (κ2) is 7.82. The first-order valence-corrected chi connectivity index (χ1v) is 8.18. The van der Waals surface area contributed by atoms with Gasteiger partial charge in [-0.1, -0.05) is 6.07 Å². The van der Waals surface area contributed by atoms with Gasteiger partial charge in [-0.3, -0.25) is 0 Å². The molecular formula is C20H21N3O4. The molecule has 3 rings (SSSR count). The number of aromatic nitrogens is 2. The van der Waals surface area contributed by atoms with Crippen molar-refractivity contribution in [3.63, 3.8) is 0 Å². The Kier molecular flexibility index (Phi) is 5.30. The molecule has 27 heavy (non-hydrogen) atoms. The molecule has 0 spiro atoms. The van der Waals surface area contributed by atoms with Crippen LogP contribution in [0, 0.1) is 0 Å². The average Bonchev–Trinajstić information content (AvgIpc) is 2.72. The molecule has 2 aromatic carbocycles. The second-order valence-electron chi connectivity index (χ2n) is 5.66. The fourth-order valence-electron chi connectivity index (χ4n) is 2.90. The number of rotatable bonds is 6. The monoisotopic (exact) mass is 367 g/mol. The Morgan fingerprint density at radius 3 is 1.96 bits per heavy atom. The first-order valence-electron chi connectivity index (χ1n) is 8.18. The van der Waals surface area contributed by atoms with Gasteiger partial charge in [0.2, 0.25) is 5.75 Å². The molecule has 0 saturated heterocycles. The number of nitrogens with two attached hydrogens (primary N) is 1. The zero-order valence-electron chi connectivity index (χ0n) is 15.6. The summed E-state index contributed by atoms with van der Waals surface area (Å²) < 4.78 is 21.5. The molecule has 0 atom stereocenters. The molecule has 0 radical (unpaired) electrons. The van der Waals surface area contributed by atoms with E-state index < -0.39 is 0 Å². The minimum absolute atomic E-state index is 0.517. The van der Waals surface area contributed by atoms with Gasteiger partial charge in [0, 0.05) is 11.1 Å². The van der Waals surface area contributed by atoms with E-state index in [2.05, 4.69) is 10.2 Å². The van der Waals surface area contributed by atoms with Crippen molar-refractivity contribution in [2.45, 2.75) is 0 Å². The van der Waals surface area contributed by atoms with E-state index in [9.17, 15) is 0 Å². The van der Waals surface area contributed by atoms with Crippen molar-refractivity contribution in [3.05, 3.63) is 42.6 Å². The molecular weight excluding hydrogens is 346 g/mol. The summed E-state index contributed by atoms with van der Waals surface area (Å²) >= 11 is 0. The van der Waals surface area contributed by atoms with Crippen molar-refractivity contribution in [1.29, 1.82) is 0 Å². The number of ether oxygens (including phenoxy) is 4. The van der Waals surface area contributed by atoms with Crippen LogP contribution in [0.3, 0.4) is 0 Å². The highest BCUT2D eigenvalue weighted by Gasteiger charge is 2.18. The molecule has 1 heterocycles. The van der Waals surface area contributed by atoms with E-state index in [-0.39, 0.29) is 0 Å². The normalized spacial score (nSPS) is 10.4. The second-order valence-corrected chi connectivity index (χ2v) is 5.66. The van der Waals surface area contributed by atoms with Crippen LogP contribution < -0.4 is 24.7 Å². The lowest BCUT2D eigenvalue weighted by Crippen LogP contribution is -1.98. The average molecular weight is 367 g/mol. The Labute approximate surface area is 157 Å². The fourth-order valence-corrected chi connectivity index (χ4v) is 2.90. The molecule has 140 valence electrons. The predicted octanol–water partition coefficient (Wildman–Crippen LogP) is 3.43. The Morgan fingerprint density at radius 1 is 0.741 bits per heavy atom. The van der Waals surface area contributed by atoms with Crippen LogP contribution in [0.25, 0.3) is 22.4 Å². The van der Waals surface area contributed by atoms with E-state index in [1.54, 1.807) is 34.6 Å². The highest BCUT2D eigenvalue weighted by Crippen LogP contribution is 2.42. The molecule has 0 unspecified atom stereocenters. The van der Waals surface area contributed by atoms with Crippen LogP contribution in [0.1, 0.15) is 0 Å². The van der Waals surface area contributed by atoms with E-state index in [0.717, 1.165) is 16.7 Å². The third kappa shape index (κ3) is 3.44. The molecule has 0 saturated carbocycles. The first-order chi connectivity index (χ1) is 13.1. The summed E-state index contributed by atoms with van der Waals surface area (Å²) in [5.74, 6) is 2.22. The molecule has 0 aliphatic rings. The van der Waals surface area contributed by atoms with Crippen LogP contribution in [0.5, 0.6) is 23.0 Å². The summed E-state index contributed by atoms with van der Waals surface area (Å²) in [6, 6.07) is 11.1. The molecule has 3 aromatic rings. The SMILES string of the molecule is COc1ccc(-c2ccnnc2-c2cc(OC)c(OC)c(OC)c2)cc1N. The van der Waals surface area contributed by atoms with Gasteiger partial charge in [0.1, 0.15) is 11.4 Å². The highest BCUT2D eigenvalue weighted by molar-refractivity contribution is 5.84. The summed E-state index contributed by atoms with van der Waals surface area (Å²) in [6.45, 7) is 0. The van der Waals surface area contributed by atoms with Crippen molar-refractivity contribution < 1.29 is 18.9 Å². The van der Waals surface area contributed by atoms with E-state index in [0.29, 0.717) is 34.4 Å². The van der Waals surface area contributed by atoms with Gasteiger partial charge in [-0.25, -0.2) is 0 Å². The maximum Gasteiger partial charge on any atom is 0.203 e. The Bertz CT molecular complexity index is 935. The van der Waals surface area contributed by atoms with E-state index in [1.807, 2.05) is 36.4 Å². The lowest BCUT2D eigenvalue weighted by atomic mass is 9.99. The van der Waals surface area contributed by atoms with Gasteiger partial charge in [0.15, 0.2) is 11.5 Å². The molecule has 7 nitrogen and oxygen atoms in total. The van der Waals surface area contributed by atoms with Crippen LogP contribution in [0.4, 0.5) is 5.69 Å². The number of benzene rings is 2. The van der Waals surface area contributed by atoms with Crippen LogP contribution in [-0.4, -0.2) is 38.6 Å². The summed E-state index contributed by atoms with van der Waals surface area (Å²) in [7, 11) is 6.29. The molecule has 0 aliphatic carbocycles. The van der Waals surface area contributed by atoms with Crippen molar-refractivity contribution in [2.75, 3.05) is 34.2 Å². The Balaban J connectivity index is 2.18. The molecule has 7 heteroatoms. The standard InChI is InChI=1S/C20H21N3O4/c1-24-16-6-5-12(9-15(16)21)14-7-8-22-23-19(14)13-10-17(25-2)20(27-4)18(11-13)26-3/h5-11H,21H2,1-4H3.